The maximum absolute atomic E-state index is 7.20. The Morgan fingerprint density at radius 1 is 1.50 bits per heavy atom. The SMILES string of the molecule is CC(=N)/C=C(/N)NC1CCCC1. The minimum Gasteiger partial charge on any atom is -0.385 e. The quantitative estimate of drug-likeness (QED) is 0.556. The van der Waals surface area contributed by atoms with Gasteiger partial charge in [-0.3, -0.25) is 0 Å². The number of hydrogen-bond acceptors (Lipinski definition) is 3. The summed E-state index contributed by atoms with van der Waals surface area (Å²) in [6.45, 7) is 1.73. The summed E-state index contributed by atoms with van der Waals surface area (Å²) in [6.07, 6.45) is 6.69. The number of hydrogen-bond donors (Lipinski definition) is 3. The Morgan fingerprint density at radius 3 is 2.58 bits per heavy atom. The lowest BCUT2D eigenvalue weighted by atomic mass is 10.2. The third-order valence-corrected chi connectivity index (χ3v) is 2.10. The summed E-state index contributed by atoms with van der Waals surface area (Å²) < 4.78 is 0. The topological polar surface area (TPSA) is 61.9 Å². The van der Waals surface area contributed by atoms with E-state index in [9.17, 15) is 0 Å². The van der Waals surface area contributed by atoms with Crippen molar-refractivity contribution in [1.29, 1.82) is 5.41 Å². The van der Waals surface area contributed by atoms with Crippen LogP contribution in [0.2, 0.25) is 0 Å². The first kappa shape index (κ1) is 9.10. The largest absolute Gasteiger partial charge is 0.385 e. The van der Waals surface area contributed by atoms with Crippen LogP contribution in [0, 0.1) is 5.41 Å². The molecule has 0 spiro atoms. The lowest BCUT2D eigenvalue weighted by Gasteiger charge is -2.12. The van der Waals surface area contributed by atoms with Crippen LogP contribution in [0.15, 0.2) is 11.9 Å². The van der Waals surface area contributed by atoms with E-state index in [2.05, 4.69) is 5.32 Å². The van der Waals surface area contributed by atoms with Gasteiger partial charge >= 0.3 is 0 Å². The normalized spacial score (nSPS) is 19.6. The van der Waals surface area contributed by atoms with E-state index < -0.39 is 0 Å². The van der Waals surface area contributed by atoms with Crippen LogP contribution in [0.25, 0.3) is 0 Å². The molecule has 68 valence electrons. The van der Waals surface area contributed by atoms with E-state index >= 15 is 0 Å². The minimum absolute atomic E-state index is 0.498. The average Bonchev–Trinajstić information content (AvgIpc) is 2.37. The monoisotopic (exact) mass is 167 g/mol. The lowest BCUT2D eigenvalue weighted by Crippen LogP contribution is -2.29. The highest BCUT2D eigenvalue weighted by Gasteiger charge is 2.13. The third kappa shape index (κ3) is 2.95. The zero-order chi connectivity index (χ0) is 8.97. The maximum atomic E-state index is 7.20. The zero-order valence-electron chi connectivity index (χ0n) is 7.56. The molecule has 0 aromatic rings. The summed E-state index contributed by atoms with van der Waals surface area (Å²) in [4.78, 5) is 0. The Morgan fingerprint density at radius 2 is 2.08 bits per heavy atom. The van der Waals surface area contributed by atoms with Crippen LogP contribution in [-0.4, -0.2) is 11.8 Å². The molecule has 1 rings (SSSR count). The van der Waals surface area contributed by atoms with Gasteiger partial charge in [-0.2, -0.15) is 0 Å². The van der Waals surface area contributed by atoms with Crippen molar-refractivity contribution in [2.45, 2.75) is 38.6 Å². The molecule has 0 bridgehead atoms. The molecule has 1 saturated carbocycles. The van der Waals surface area contributed by atoms with Crippen molar-refractivity contribution in [2.24, 2.45) is 5.73 Å². The Kier molecular flexibility index (Phi) is 3.14. The maximum Gasteiger partial charge on any atom is 0.0980 e. The molecule has 1 fully saturated rings. The molecule has 0 unspecified atom stereocenters. The molecule has 4 N–H and O–H groups in total. The molecule has 0 aromatic heterocycles. The summed E-state index contributed by atoms with van der Waals surface area (Å²) >= 11 is 0. The smallest absolute Gasteiger partial charge is 0.0980 e. The van der Waals surface area contributed by atoms with E-state index in [4.69, 9.17) is 11.1 Å². The van der Waals surface area contributed by atoms with Gasteiger partial charge in [-0.1, -0.05) is 12.8 Å². The Hall–Kier alpha value is -0.990. The van der Waals surface area contributed by atoms with Gasteiger partial charge in [-0.25, -0.2) is 0 Å². The highest BCUT2D eigenvalue weighted by atomic mass is 15.0. The fraction of sp³-hybridized carbons (Fsp3) is 0.667. The fourth-order valence-electron chi connectivity index (χ4n) is 1.58. The highest BCUT2D eigenvalue weighted by Crippen LogP contribution is 2.17. The number of allylic oxidation sites excluding steroid dienone is 1. The van der Waals surface area contributed by atoms with E-state index in [0.717, 1.165) is 0 Å². The molecule has 0 amide bonds. The van der Waals surface area contributed by atoms with Crippen LogP contribution in [-0.2, 0) is 0 Å². The summed E-state index contributed by atoms with van der Waals surface area (Å²) in [5, 5.41) is 10.4. The van der Waals surface area contributed by atoms with Crippen molar-refractivity contribution in [3.05, 3.63) is 11.9 Å². The van der Waals surface area contributed by atoms with Gasteiger partial charge in [-0.15, -0.1) is 0 Å². The predicted molar refractivity (Wildman–Crippen MR) is 51.1 cm³/mol. The highest BCUT2D eigenvalue weighted by molar-refractivity contribution is 5.90. The number of rotatable bonds is 3. The van der Waals surface area contributed by atoms with Crippen molar-refractivity contribution in [3.63, 3.8) is 0 Å². The number of nitrogens with two attached hydrogens (primary N) is 1. The van der Waals surface area contributed by atoms with Crippen molar-refractivity contribution >= 4 is 5.71 Å². The van der Waals surface area contributed by atoms with Crippen LogP contribution in [0.3, 0.4) is 0 Å². The first-order valence-electron chi connectivity index (χ1n) is 4.47. The van der Waals surface area contributed by atoms with Gasteiger partial charge in [-0.05, 0) is 25.8 Å². The second-order valence-corrected chi connectivity index (χ2v) is 3.41. The Labute approximate surface area is 73.5 Å². The second kappa shape index (κ2) is 4.14. The minimum atomic E-state index is 0.498. The van der Waals surface area contributed by atoms with Crippen LogP contribution in [0.1, 0.15) is 32.6 Å². The third-order valence-electron chi connectivity index (χ3n) is 2.10. The molecular weight excluding hydrogens is 150 g/mol. The Bertz CT molecular complexity index is 190. The van der Waals surface area contributed by atoms with E-state index in [1.54, 1.807) is 13.0 Å². The molecule has 0 aliphatic heterocycles. The van der Waals surface area contributed by atoms with E-state index in [0.29, 0.717) is 17.6 Å². The summed E-state index contributed by atoms with van der Waals surface area (Å²) in [5.41, 5.74) is 6.16. The van der Waals surface area contributed by atoms with E-state index in [1.807, 2.05) is 0 Å². The molecule has 0 radical (unpaired) electrons. The summed E-state index contributed by atoms with van der Waals surface area (Å²) in [7, 11) is 0. The summed E-state index contributed by atoms with van der Waals surface area (Å²) in [5.74, 6) is 0.634. The molecule has 0 atom stereocenters. The van der Waals surface area contributed by atoms with Gasteiger partial charge < -0.3 is 16.5 Å². The first-order chi connectivity index (χ1) is 5.68. The first-order valence-corrected chi connectivity index (χ1v) is 4.47. The standard InChI is InChI=1S/C9H17N3/c1-7(10)6-9(11)12-8-4-2-3-5-8/h6,8,10,12H,2-5,11H2,1H3/b9-6-,10-7?. The molecule has 3 heteroatoms. The van der Waals surface area contributed by atoms with Crippen LogP contribution < -0.4 is 11.1 Å². The van der Waals surface area contributed by atoms with Gasteiger partial charge in [0.25, 0.3) is 0 Å². The molecular formula is C9H17N3. The zero-order valence-corrected chi connectivity index (χ0v) is 7.56. The molecule has 1 aliphatic rings. The van der Waals surface area contributed by atoms with Crippen LogP contribution >= 0.6 is 0 Å². The van der Waals surface area contributed by atoms with E-state index in [1.165, 1.54) is 25.7 Å². The van der Waals surface area contributed by atoms with Crippen molar-refractivity contribution in [1.82, 2.24) is 5.32 Å². The Balaban J connectivity index is 2.34. The summed E-state index contributed by atoms with van der Waals surface area (Å²) in [6, 6.07) is 0.542. The van der Waals surface area contributed by atoms with Crippen LogP contribution in [0.4, 0.5) is 0 Å². The molecule has 0 saturated heterocycles. The number of nitrogens with one attached hydrogen (secondary N) is 2. The fourth-order valence-corrected chi connectivity index (χ4v) is 1.58. The van der Waals surface area contributed by atoms with Crippen molar-refractivity contribution < 1.29 is 0 Å². The van der Waals surface area contributed by atoms with Gasteiger partial charge in [0.2, 0.25) is 0 Å². The van der Waals surface area contributed by atoms with Gasteiger partial charge in [0, 0.05) is 11.8 Å². The van der Waals surface area contributed by atoms with Crippen molar-refractivity contribution in [2.75, 3.05) is 0 Å². The molecule has 12 heavy (non-hydrogen) atoms. The van der Waals surface area contributed by atoms with E-state index in [-0.39, 0.29) is 0 Å². The van der Waals surface area contributed by atoms with Gasteiger partial charge in [0.05, 0.1) is 5.82 Å². The molecule has 1 aliphatic carbocycles. The predicted octanol–water partition coefficient (Wildman–Crippen LogP) is 1.36. The van der Waals surface area contributed by atoms with Gasteiger partial charge in [0.15, 0.2) is 0 Å². The van der Waals surface area contributed by atoms with Crippen molar-refractivity contribution in [3.8, 4) is 0 Å². The average molecular weight is 167 g/mol. The molecule has 3 nitrogen and oxygen atoms in total. The lowest BCUT2D eigenvalue weighted by molar-refractivity contribution is 0.581. The molecule has 0 aromatic carbocycles. The van der Waals surface area contributed by atoms with Gasteiger partial charge in [0.1, 0.15) is 0 Å². The van der Waals surface area contributed by atoms with Crippen LogP contribution in [0.5, 0.6) is 0 Å². The second-order valence-electron chi connectivity index (χ2n) is 3.41. The molecule has 0 heterocycles.